The maximum Gasteiger partial charge on any atom is 0.327 e. The Labute approximate surface area is 83.1 Å². The second kappa shape index (κ2) is 3.42. The third-order valence-electron chi connectivity index (χ3n) is 2.37. The van der Waals surface area contributed by atoms with Crippen molar-refractivity contribution in [3.05, 3.63) is 35.9 Å². The van der Waals surface area contributed by atoms with Crippen LogP contribution >= 0.6 is 0 Å². The maximum absolute atomic E-state index is 11.4. The molecule has 1 aliphatic rings. The molecule has 1 N–H and O–H groups in total. The van der Waals surface area contributed by atoms with Crippen LogP contribution in [0.3, 0.4) is 0 Å². The fourth-order valence-electron chi connectivity index (χ4n) is 1.16. The molecule has 0 radical (unpaired) electrons. The van der Waals surface area contributed by atoms with Gasteiger partial charge in [-0.15, -0.1) is 0 Å². The summed E-state index contributed by atoms with van der Waals surface area (Å²) in [5, 5.41) is 2.97. The topological polar surface area (TPSA) is 48.2 Å². The monoisotopic (exact) mass is 191 g/mol. The van der Waals surface area contributed by atoms with Crippen LogP contribution in [0.25, 0.3) is 0 Å². The van der Waals surface area contributed by atoms with E-state index < -0.39 is 5.54 Å². The molecule has 2 rings (SSSR count). The SMILES string of the molecule is C[C@@]1(C(=O)OCc2ccccc2)CN1. The van der Waals surface area contributed by atoms with Gasteiger partial charge in [-0.05, 0) is 12.5 Å². The molecule has 0 amide bonds. The smallest absolute Gasteiger partial charge is 0.327 e. The predicted molar refractivity (Wildman–Crippen MR) is 52.6 cm³/mol. The van der Waals surface area contributed by atoms with Crippen LogP contribution in [-0.2, 0) is 16.1 Å². The molecule has 1 fully saturated rings. The van der Waals surface area contributed by atoms with Crippen molar-refractivity contribution in [2.24, 2.45) is 0 Å². The molecule has 0 saturated carbocycles. The predicted octanol–water partition coefficient (Wildman–Crippen LogP) is 1.09. The van der Waals surface area contributed by atoms with E-state index in [1.807, 2.05) is 37.3 Å². The van der Waals surface area contributed by atoms with Crippen LogP contribution in [0.5, 0.6) is 0 Å². The van der Waals surface area contributed by atoms with Gasteiger partial charge in [0.2, 0.25) is 0 Å². The molecule has 0 aliphatic carbocycles. The zero-order valence-corrected chi connectivity index (χ0v) is 8.12. The van der Waals surface area contributed by atoms with Gasteiger partial charge in [-0.1, -0.05) is 30.3 Å². The van der Waals surface area contributed by atoms with Crippen molar-refractivity contribution in [3.8, 4) is 0 Å². The van der Waals surface area contributed by atoms with Crippen molar-refractivity contribution in [3.63, 3.8) is 0 Å². The molecular weight excluding hydrogens is 178 g/mol. The van der Waals surface area contributed by atoms with Gasteiger partial charge in [0.15, 0.2) is 0 Å². The van der Waals surface area contributed by atoms with E-state index in [2.05, 4.69) is 5.32 Å². The Balaban J connectivity index is 1.86. The number of carbonyl (C=O) groups is 1. The van der Waals surface area contributed by atoms with Crippen LogP contribution in [0.2, 0.25) is 0 Å². The summed E-state index contributed by atoms with van der Waals surface area (Å²) < 4.78 is 5.15. The molecule has 1 atom stereocenters. The molecule has 1 aromatic rings. The van der Waals surface area contributed by atoms with Gasteiger partial charge in [-0.2, -0.15) is 0 Å². The number of rotatable bonds is 3. The van der Waals surface area contributed by atoms with E-state index in [0.717, 1.165) is 12.1 Å². The lowest BCUT2D eigenvalue weighted by Crippen LogP contribution is -2.26. The average molecular weight is 191 g/mol. The van der Waals surface area contributed by atoms with Gasteiger partial charge in [0.25, 0.3) is 0 Å². The minimum atomic E-state index is -0.422. The van der Waals surface area contributed by atoms with Crippen LogP contribution in [0.1, 0.15) is 12.5 Å². The molecule has 0 unspecified atom stereocenters. The summed E-state index contributed by atoms with van der Waals surface area (Å²) in [6, 6.07) is 9.68. The number of carbonyl (C=O) groups excluding carboxylic acids is 1. The van der Waals surface area contributed by atoms with Gasteiger partial charge in [0, 0.05) is 6.54 Å². The number of benzene rings is 1. The summed E-state index contributed by atoms with van der Waals surface area (Å²) in [6.07, 6.45) is 0. The van der Waals surface area contributed by atoms with E-state index in [-0.39, 0.29) is 5.97 Å². The first kappa shape index (κ1) is 9.21. The van der Waals surface area contributed by atoms with E-state index in [1.165, 1.54) is 0 Å². The largest absolute Gasteiger partial charge is 0.459 e. The summed E-state index contributed by atoms with van der Waals surface area (Å²) in [5.74, 6) is -0.165. The Bertz CT molecular complexity index is 330. The van der Waals surface area contributed by atoms with E-state index in [0.29, 0.717) is 6.61 Å². The zero-order valence-electron chi connectivity index (χ0n) is 8.12. The fraction of sp³-hybridized carbons (Fsp3) is 0.364. The molecule has 3 nitrogen and oxygen atoms in total. The van der Waals surface area contributed by atoms with Crippen molar-refractivity contribution in [2.45, 2.75) is 19.1 Å². The summed E-state index contributed by atoms with van der Waals surface area (Å²) in [7, 11) is 0. The number of ether oxygens (including phenoxy) is 1. The van der Waals surface area contributed by atoms with Gasteiger partial charge in [0.05, 0.1) is 0 Å². The molecule has 1 saturated heterocycles. The highest BCUT2D eigenvalue weighted by atomic mass is 16.5. The van der Waals surface area contributed by atoms with Gasteiger partial charge in [-0.25, -0.2) is 4.79 Å². The molecule has 0 bridgehead atoms. The third-order valence-corrected chi connectivity index (χ3v) is 2.37. The van der Waals surface area contributed by atoms with Crippen LogP contribution in [0.15, 0.2) is 30.3 Å². The summed E-state index contributed by atoms with van der Waals surface area (Å²) in [6.45, 7) is 2.93. The first-order chi connectivity index (χ1) is 6.71. The molecule has 74 valence electrons. The molecule has 0 spiro atoms. The lowest BCUT2D eigenvalue weighted by Gasteiger charge is -2.07. The second-order valence-electron chi connectivity index (χ2n) is 3.75. The Kier molecular flexibility index (Phi) is 2.25. The first-order valence-corrected chi connectivity index (χ1v) is 4.67. The molecule has 1 aromatic carbocycles. The van der Waals surface area contributed by atoms with Crippen molar-refractivity contribution in [2.75, 3.05) is 6.54 Å². The molecule has 1 heterocycles. The zero-order chi connectivity index (χ0) is 10.0. The Morgan fingerprint density at radius 1 is 1.50 bits per heavy atom. The van der Waals surface area contributed by atoms with Crippen molar-refractivity contribution in [1.82, 2.24) is 5.32 Å². The normalized spacial score (nSPS) is 24.4. The molecular formula is C11H13NO2. The molecule has 1 aliphatic heterocycles. The van der Waals surface area contributed by atoms with Crippen LogP contribution in [0, 0.1) is 0 Å². The van der Waals surface area contributed by atoms with Crippen LogP contribution in [0.4, 0.5) is 0 Å². The lowest BCUT2D eigenvalue weighted by atomic mass is 10.2. The number of hydrogen-bond acceptors (Lipinski definition) is 3. The third kappa shape index (κ3) is 1.93. The maximum atomic E-state index is 11.4. The number of nitrogens with one attached hydrogen (secondary N) is 1. The van der Waals surface area contributed by atoms with Crippen LogP contribution < -0.4 is 5.32 Å². The van der Waals surface area contributed by atoms with E-state index in [9.17, 15) is 4.79 Å². The molecule has 14 heavy (non-hydrogen) atoms. The van der Waals surface area contributed by atoms with E-state index >= 15 is 0 Å². The Morgan fingerprint density at radius 2 is 2.14 bits per heavy atom. The first-order valence-electron chi connectivity index (χ1n) is 4.67. The quantitative estimate of drug-likeness (QED) is 0.574. The minimum absolute atomic E-state index is 0.165. The highest BCUT2D eigenvalue weighted by Gasteiger charge is 2.46. The van der Waals surface area contributed by atoms with Gasteiger partial charge in [-0.3, -0.25) is 5.32 Å². The van der Waals surface area contributed by atoms with Gasteiger partial charge < -0.3 is 4.74 Å². The summed E-state index contributed by atoms with van der Waals surface area (Å²) >= 11 is 0. The van der Waals surface area contributed by atoms with Gasteiger partial charge >= 0.3 is 5.97 Å². The fourth-order valence-corrected chi connectivity index (χ4v) is 1.16. The van der Waals surface area contributed by atoms with Gasteiger partial charge in [0.1, 0.15) is 12.1 Å². The van der Waals surface area contributed by atoms with E-state index in [4.69, 9.17) is 4.74 Å². The minimum Gasteiger partial charge on any atom is -0.459 e. The average Bonchev–Trinajstić information content (AvgIpc) is 2.96. The van der Waals surface area contributed by atoms with E-state index in [1.54, 1.807) is 0 Å². The Hall–Kier alpha value is -1.35. The highest BCUT2D eigenvalue weighted by molar-refractivity contribution is 5.84. The number of hydrogen-bond donors (Lipinski definition) is 1. The summed E-state index contributed by atoms with van der Waals surface area (Å²) in [4.78, 5) is 11.4. The van der Waals surface area contributed by atoms with Crippen molar-refractivity contribution >= 4 is 5.97 Å². The standard InChI is InChI=1S/C11H13NO2/c1-11(8-12-11)10(13)14-7-9-5-3-2-4-6-9/h2-6,12H,7-8H2,1H3/t11-/m0/s1. The van der Waals surface area contributed by atoms with Crippen molar-refractivity contribution < 1.29 is 9.53 Å². The van der Waals surface area contributed by atoms with Crippen molar-refractivity contribution in [1.29, 1.82) is 0 Å². The lowest BCUT2D eigenvalue weighted by molar-refractivity contribution is -0.147. The second-order valence-corrected chi connectivity index (χ2v) is 3.75. The highest BCUT2D eigenvalue weighted by Crippen LogP contribution is 2.18. The Morgan fingerprint density at radius 3 is 2.71 bits per heavy atom. The molecule has 3 heteroatoms. The number of esters is 1. The molecule has 0 aromatic heterocycles. The van der Waals surface area contributed by atoms with Crippen LogP contribution in [-0.4, -0.2) is 18.1 Å². The summed E-state index contributed by atoms with van der Waals surface area (Å²) in [5.41, 5.74) is 0.597.